The van der Waals surface area contributed by atoms with Gasteiger partial charge in [0.05, 0.1) is 0 Å². The largest absolute Gasteiger partial charge is 0.707 e. The van der Waals surface area contributed by atoms with Crippen LogP contribution in [-0.2, 0) is 4.79 Å². The van der Waals surface area contributed by atoms with Gasteiger partial charge in [-0.1, -0.05) is 0 Å². The van der Waals surface area contributed by atoms with E-state index in [1.54, 1.807) is 12.1 Å². The molecule has 0 atom stereocenters. The minimum absolute atomic E-state index is 0.166. The number of nitrogens with one attached hydrogen (secondary N) is 1. The zero-order chi connectivity index (χ0) is 10.6. The molecule has 0 aliphatic heterocycles. The fourth-order valence-electron chi connectivity index (χ4n) is 0.942. The van der Waals surface area contributed by atoms with E-state index in [0.717, 1.165) is 0 Å². The van der Waals surface area contributed by atoms with E-state index >= 15 is 0 Å². The van der Waals surface area contributed by atoms with Gasteiger partial charge in [0.2, 0.25) is 5.91 Å². The highest BCUT2D eigenvalue weighted by molar-refractivity contribution is 6.33. The summed E-state index contributed by atoms with van der Waals surface area (Å²) in [5.74, 6) is 0.148. The molecule has 1 rings (SSSR count). The Morgan fingerprint density at radius 3 is 2.36 bits per heavy atom. The third-order valence-corrected chi connectivity index (χ3v) is 1.42. The fraction of sp³-hybridized carbons (Fsp3) is 0.125. The Bertz CT molecular complexity index is 312. The first-order valence-electron chi connectivity index (χ1n) is 3.98. The summed E-state index contributed by atoms with van der Waals surface area (Å²) < 4.78 is 4.57. The van der Waals surface area contributed by atoms with Gasteiger partial charge in [0.1, 0.15) is 5.75 Å². The van der Waals surface area contributed by atoms with Crippen LogP contribution < -0.4 is 9.97 Å². The first kappa shape index (κ1) is 10.6. The topological polar surface area (TPSA) is 78.8 Å². The van der Waals surface area contributed by atoms with Gasteiger partial charge < -0.3 is 20.0 Å². The van der Waals surface area contributed by atoms with E-state index in [1.807, 2.05) is 0 Å². The average molecular weight is 195 g/mol. The van der Waals surface area contributed by atoms with Gasteiger partial charge >= 0.3 is 7.32 Å². The molecule has 0 unspecified atom stereocenters. The molecule has 0 heterocycles. The molecule has 0 saturated heterocycles. The van der Waals surface area contributed by atoms with Crippen molar-refractivity contribution in [1.29, 1.82) is 0 Å². The normalized spacial score (nSPS) is 9.36. The molecule has 0 aliphatic rings. The molecule has 6 heteroatoms. The van der Waals surface area contributed by atoms with E-state index in [9.17, 15) is 4.79 Å². The molecule has 1 amide bonds. The smallest absolute Gasteiger partial charge is 0.512 e. The molecule has 0 aliphatic carbocycles. The summed E-state index contributed by atoms with van der Waals surface area (Å²) in [7, 11) is -1.83. The van der Waals surface area contributed by atoms with E-state index in [4.69, 9.17) is 10.0 Å². The van der Waals surface area contributed by atoms with Gasteiger partial charge in [0, 0.05) is 12.6 Å². The van der Waals surface area contributed by atoms with Crippen LogP contribution in [0.3, 0.4) is 0 Å². The maximum absolute atomic E-state index is 10.7. The van der Waals surface area contributed by atoms with Crippen molar-refractivity contribution in [2.75, 3.05) is 5.32 Å². The molecular weight excluding hydrogens is 185 g/mol. The summed E-state index contributed by atoms with van der Waals surface area (Å²) >= 11 is 0. The second-order valence-corrected chi connectivity index (χ2v) is 2.65. The summed E-state index contributed by atoms with van der Waals surface area (Å²) in [4.78, 5) is 10.7. The monoisotopic (exact) mass is 195 g/mol. The number of amides is 1. The van der Waals surface area contributed by atoms with Crippen LogP contribution in [0, 0.1) is 0 Å². The number of hydrogen-bond acceptors (Lipinski definition) is 4. The Morgan fingerprint density at radius 2 is 1.93 bits per heavy atom. The number of anilines is 1. The van der Waals surface area contributed by atoms with Gasteiger partial charge in [0.15, 0.2) is 0 Å². The van der Waals surface area contributed by atoms with Crippen molar-refractivity contribution in [3.8, 4) is 5.75 Å². The van der Waals surface area contributed by atoms with Crippen LogP contribution in [-0.4, -0.2) is 23.3 Å². The summed E-state index contributed by atoms with van der Waals surface area (Å²) in [6, 6.07) is 6.23. The lowest BCUT2D eigenvalue weighted by atomic mass is 10.2. The van der Waals surface area contributed by atoms with Crippen molar-refractivity contribution in [3.05, 3.63) is 24.3 Å². The van der Waals surface area contributed by atoms with Gasteiger partial charge in [0.25, 0.3) is 0 Å². The fourth-order valence-corrected chi connectivity index (χ4v) is 0.942. The standard InChI is InChI=1S/C8H10BNO4/c1-6(11)10-7-2-4-8(5-3-7)14-9(12)13/h2-5,12-13H,1H3,(H,10,11). The van der Waals surface area contributed by atoms with Gasteiger partial charge in [-0.15, -0.1) is 0 Å². The second kappa shape index (κ2) is 4.64. The molecular formula is C8H10BNO4. The predicted octanol–water partition coefficient (Wildman–Crippen LogP) is -0.00670. The van der Waals surface area contributed by atoms with Crippen LogP contribution in [0.2, 0.25) is 0 Å². The van der Waals surface area contributed by atoms with Crippen molar-refractivity contribution in [2.45, 2.75) is 6.92 Å². The van der Waals surface area contributed by atoms with Crippen LogP contribution in [0.4, 0.5) is 5.69 Å². The van der Waals surface area contributed by atoms with Crippen molar-refractivity contribution in [3.63, 3.8) is 0 Å². The average Bonchev–Trinajstić information content (AvgIpc) is 2.06. The molecule has 74 valence electrons. The van der Waals surface area contributed by atoms with Crippen molar-refractivity contribution in [1.82, 2.24) is 0 Å². The number of carbonyl (C=O) groups is 1. The van der Waals surface area contributed by atoms with Crippen LogP contribution in [0.15, 0.2) is 24.3 Å². The summed E-state index contributed by atoms with van der Waals surface area (Å²) in [5, 5.41) is 19.5. The van der Waals surface area contributed by atoms with E-state index in [1.165, 1.54) is 19.1 Å². The Hall–Kier alpha value is -1.53. The lowest BCUT2D eigenvalue weighted by Gasteiger charge is -2.05. The second-order valence-electron chi connectivity index (χ2n) is 2.65. The molecule has 0 aromatic heterocycles. The first-order chi connectivity index (χ1) is 6.58. The summed E-state index contributed by atoms with van der Waals surface area (Å²) in [6.07, 6.45) is 0. The third-order valence-electron chi connectivity index (χ3n) is 1.42. The minimum Gasteiger partial charge on any atom is -0.512 e. The highest BCUT2D eigenvalue weighted by Gasteiger charge is 2.10. The number of benzene rings is 1. The van der Waals surface area contributed by atoms with Crippen LogP contribution in [0.1, 0.15) is 6.92 Å². The SMILES string of the molecule is CC(=O)Nc1ccc(OB(O)O)cc1. The quantitative estimate of drug-likeness (QED) is 0.592. The van der Waals surface area contributed by atoms with Crippen molar-refractivity contribution < 1.29 is 19.5 Å². The van der Waals surface area contributed by atoms with Crippen molar-refractivity contribution >= 4 is 18.9 Å². The molecule has 0 radical (unpaired) electrons. The third kappa shape index (κ3) is 3.46. The lowest BCUT2D eigenvalue weighted by molar-refractivity contribution is -0.114. The van der Waals surface area contributed by atoms with Crippen LogP contribution >= 0.6 is 0 Å². The van der Waals surface area contributed by atoms with Crippen LogP contribution in [0.25, 0.3) is 0 Å². The van der Waals surface area contributed by atoms with Gasteiger partial charge in [-0.2, -0.15) is 0 Å². The van der Waals surface area contributed by atoms with E-state index in [0.29, 0.717) is 11.4 Å². The van der Waals surface area contributed by atoms with Crippen LogP contribution in [0.5, 0.6) is 5.75 Å². The Kier molecular flexibility index (Phi) is 3.50. The lowest BCUT2D eigenvalue weighted by Crippen LogP contribution is -2.20. The predicted molar refractivity (Wildman–Crippen MR) is 51.6 cm³/mol. The highest BCUT2D eigenvalue weighted by Crippen LogP contribution is 2.15. The first-order valence-corrected chi connectivity index (χ1v) is 3.98. The molecule has 14 heavy (non-hydrogen) atoms. The molecule has 0 spiro atoms. The maximum atomic E-state index is 10.7. The Morgan fingerprint density at radius 1 is 1.36 bits per heavy atom. The summed E-state index contributed by atoms with van der Waals surface area (Å²) in [6.45, 7) is 1.40. The zero-order valence-corrected chi connectivity index (χ0v) is 7.60. The highest BCUT2D eigenvalue weighted by atomic mass is 16.6. The van der Waals surface area contributed by atoms with E-state index < -0.39 is 7.32 Å². The molecule has 3 N–H and O–H groups in total. The molecule has 0 saturated carbocycles. The minimum atomic E-state index is -1.83. The zero-order valence-electron chi connectivity index (χ0n) is 7.60. The number of carbonyl (C=O) groups excluding carboxylic acids is 1. The molecule has 1 aromatic rings. The number of hydrogen-bond donors (Lipinski definition) is 3. The molecule has 0 bridgehead atoms. The molecule has 5 nitrogen and oxygen atoms in total. The van der Waals surface area contributed by atoms with Gasteiger partial charge in [-0.3, -0.25) is 4.79 Å². The Labute approximate surface area is 81.5 Å². The molecule has 0 fully saturated rings. The number of rotatable bonds is 3. The summed E-state index contributed by atoms with van der Waals surface area (Å²) in [5.41, 5.74) is 0.622. The van der Waals surface area contributed by atoms with E-state index in [-0.39, 0.29) is 5.91 Å². The van der Waals surface area contributed by atoms with E-state index in [2.05, 4.69) is 9.97 Å². The van der Waals surface area contributed by atoms with Crippen molar-refractivity contribution in [2.24, 2.45) is 0 Å². The van der Waals surface area contributed by atoms with Gasteiger partial charge in [-0.25, -0.2) is 0 Å². The molecule has 1 aromatic carbocycles. The van der Waals surface area contributed by atoms with Gasteiger partial charge in [-0.05, 0) is 24.3 Å². The Balaban J connectivity index is 2.63. The maximum Gasteiger partial charge on any atom is 0.707 e.